The van der Waals surface area contributed by atoms with Crippen molar-refractivity contribution in [1.29, 1.82) is 0 Å². The van der Waals surface area contributed by atoms with Crippen LogP contribution >= 0.6 is 34.5 Å². The van der Waals surface area contributed by atoms with E-state index in [4.69, 9.17) is 23.2 Å². The van der Waals surface area contributed by atoms with Crippen molar-refractivity contribution >= 4 is 63.7 Å². The van der Waals surface area contributed by atoms with Gasteiger partial charge in [0.2, 0.25) is 0 Å². The molecule has 3 amide bonds. The highest BCUT2D eigenvalue weighted by Gasteiger charge is 2.31. The smallest absolute Gasteiger partial charge is 0.282 e. The molecular formula is C20H20Cl2N6O3S. The molecule has 2 heterocycles. The molecule has 0 atom stereocenters. The first-order valence-corrected chi connectivity index (χ1v) is 10.9. The van der Waals surface area contributed by atoms with E-state index in [0.29, 0.717) is 42.5 Å². The number of anilines is 1. The van der Waals surface area contributed by atoms with Crippen molar-refractivity contribution in [3.8, 4) is 0 Å². The standard InChI is InChI=1S/C20H20Cl2N6O3S/c1-10(23-24-18(29)15-7-8-16(32-15)19(30)26-27(3)4)17-11(2)25-28(20(17)31)12-5-6-13(21)14(22)9-12/h5-9,23H,1-4H3,(H,24,29)(H,26,30)/b17-10-. The summed E-state index contributed by atoms with van der Waals surface area (Å²) in [5.41, 5.74) is 9.57. The second-order valence-electron chi connectivity index (χ2n) is 6.98. The van der Waals surface area contributed by atoms with Crippen LogP contribution in [0.2, 0.25) is 10.0 Å². The van der Waals surface area contributed by atoms with Crippen molar-refractivity contribution < 1.29 is 14.4 Å². The van der Waals surface area contributed by atoms with Crippen molar-refractivity contribution in [2.75, 3.05) is 19.1 Å². The number of carbonyl (C=O) groups is 3. The molecule has 0 spiro atoms. The Morgan fingerprint density at radius 2 is 1.69 bits per heavy atom. The fourth-order valence-corrected chi connectivity index (χ4v) is 3.93. The topological polar surface area (TPSA) is 106 Å². The average Bonchev–Trinajstić information content (AvgIpc) is 3.33. The van der Waals surface area contributed by atoms with E-state index in [-0.39, 0.29) is 11.8 Å². The second-order valence-corrected chi connectivity index (χ2v) is 8.88. The van der Waals surface area contributed by atoms with Crippen LogP contribution in [-0.4, -0.2) is 42.5 Å². The third kappa shape index (κ3) is 5.10. The molecular weight excluding hydrogens is 475 g/mol. The maximum absolute atomic E-state index is 12.9. The zero-order valence-electron chi connectivity index (χ0n) is 17.6. The normalized spacial score (nSPS) is 15.0. The van der Waals surface area contributed by atoms with Crippen LogP contribution < -0.4 is 21.3 Å². The van der Waals surface area contributed by atoms with Crippen molar-refractivity contribution in [3.63, 3.8) is 0 Å². The fraction of sp³-hybridized carbons (Fsp3) is 0.200. The molecule has 32 heavy (non-hydrogen) atoms. The number of hydrazone groups is 1. The lowest BCUT2D eigenvalue weighted by molar-refractivity contribution is -0.114. The summed E-state index contributed by atoms with van der Waals surface area (Å²) in [7, 11) is 3.38. The number of rotatable bonds is 6. The maximum atomic E-state index is 12.9. The molecule has 9 nitrogen and oxygen atoms in total. The highest BCUT2D eigenvalue weighted by Crippen LogP contribution is 2.30. The van der Waals surface area contributed by atoms with Crippen molar-refractivity contribution in [3.05, 3.63) is 61.4 Å². The minimum Gasteiger partial charge on any atom is -0.302 e. The van der Waals surface area contributed by atoms with Crippen LogP contribution in [0.4, 0.5) is 5.69 Å². The lowest BCUT2D eigenvalue weighted by atomic mass is 10.1. The Labute approximate surface area is 198 Å². The van der Waals surface area contributed by atoms with E-state index in [9.17, 15) is 14.4 Å². The van der Waals surface area contributed by atoms with Gasteiger partial charge in [-0.2, -0.15) is 10.1 Å². The molecule has 0 radical (unpaired) electrons. The van der Waals surface area contributed by atoms with Crippen LogP contribution in [0.5, 0.6) is 0 Å². The molecule has 0 saturated carbocycles. The number of benzene rings is 1. The number of halogens is 2. The summed E-state index contributed by atoms with van der Waals surface area (Å²) >= 11 is 13.0. The molecule has 0 aliphatic carbocycles. The largest absolute Gasteiger partial charge is 0.302 e. The van der Waals surface area contributed by atoms with Gasteiger partial charge in [-0.1, -0.05) is 23.2 Å². The highest BCUT2D eigenvalue weighted by atomic mass is 35.5. The Morgan fingerprint density at radius 1 is 1.03 bits per heavy atom. The van der Waals surface area contributed by atoms with E-state index in [1.54, 1.807) is 58.3 Å². The molecule has 3 rings (SSSR count). The molecule has 3 N–H and O–H groups in total. The van der Waals surface area contributed by atoms with Gasteiger partial charge in [-0.15, -0.1) is 11.3 Å². The van der Waals surface area contributed by atoms with E-state index >= 15 is 0 Å². The van der Waals surface area contributed by atoms with Gasteiger partial charge < -0.3 is 5.43 Å². The number of allylic oxidation sites excluding steroid dienone is 1. The van der Waals surface area contributed by atoms with Crippen molar-refractivity contribution in [1.82, 2.24) is 21.3 Å². The molecule has 2 aromatic rings. The van der Waals surface area contributed by atoms with Gasteiger partial charge in [0.1, 0.15) is 0 Å². The van der Waals surface area contributed by atoms with Crippen LogP contribution in [0.15, 0.2) is 46.7 Å². The summed E-state index contributed by atoms with van der Waals surface area (Å²) in [5, 5.41) is 7.69. The maximum Gasteiger partial charge on any atom is 0.282 e. The summed E-state index contributed by atoms with van der Waals surface area (Å²) in [5.74, 6) is -1.13. The number of nitrogens with zero attached hydrogens (tertiary/aromatic N) is 3. The lowest BCUT2D eigenvalue weighted by Crippen LogP contribution is -2.37. The minimum atomic E-state index is -0.444. The van der Waals surface area contributed by atoms with Gasteiger partial charge in [0.15, 0.2) is 0 Å². The van der Waals surface area contributed by atoms with E-state index in [1.165, 1.54) is 10.0 Å². The summed E-state index contributed by atoms with van der Waals surface area (Å²) < 4.78 is 0. The van der Waals surface area contributed by atoms with E-state index in [0.717, 1.165) is 11.3 Å². The number of nitrogens with one attached hydrogen (secondary N) is 3. The van der Waals surface area contributed by atoms with Crippen molar-refractivity contribution in [2.24, 2.45) is 5.10 Å². The monoisotopic (exact) mass is 494 g/mol. The summed E-state index contributed by atoms with van der Waals surface area (Å²) in [4.78, 5) is 38.1. The van der Waals surface area contributed by atoms with Gasteiger partial charge in [-0.05, 0) is 44.2 Å². The zero-order chi connectivity index (χ0) is 23.6. The first-order valence-electron chi connectivity index (χ1n) is 9.29. The van der Waals surface area contributed by atoms with Crippen LogP contribution in [0.3, 0.4) is 0 Å². The molecule has 1 aliphatic heterocycles. The first kappa shape index (κ1) is 23.7. The van der Waals surface area contributed by atoms with Crippen LogP contribution in [0.1, 0.15) is 33.2 Å². The van der Waals surface area contributed by atoms with Crippen LogP contribution in [-0.2, 0) is 4.79 Å². The molecule has 0 saturated heterocycles. The minimum absolute atomic E-state index is 0.305. The molecule has 0 fully saturated rings. The Morgan fingerprint density at radius 3 is 2.31 bits per heavy atom. The molecule has 168 valence electrons. The third-order valence-electron chi connectivity index (χ3n) is 4.28. The predicted molar refractivity (Wildman–Crippen MR) is 126 cm³/mol. The van der Waals surface area contributed by atoms with Gasteiger partial charge in [0, 0.05) is 19.8 Å². The quantitative estimate of drug-likeness (QED) is 0.422. The Hall–Kier alpha value is -2.92. The van der Waals surface area contributed by atoms with Crippen LogP contribution in [0.25, 0.3) is 0 Å². The van der Waals surface area contributed by atoms with E-state index < -0.39 is 5.91 Å². The number of thiophene rings is 1. The Kier molecular flexibility index (Phi) is 7.19. The SMILES string of the molecule is CC1=NN(c2ccc(Cl)c(Cl)c2)C(=O)/C1=C(/C)NNC(=O)c1ccc(C(=O)NN(C)C)s1. The van der Waals surface area contributed by atoms with Crippen LogP contribution in [0, 0.1) is 0 Å². The van der Waals surface area contributed by atoms with Gasteiger partial charge in [0.05, 0.1) is 36.8 Å². The number of hydrogen-bond donors (Lipinski definition) is 3. The number of hydrogen-bond acceptors (Lipinski definition) is 7. The Bertz CT molecular complexity index is 1160. The van der Waals surface area contributed by atoms with E-state index in [1.807, 2.05) is 0 Å². The van der Waals surface area contributed by atoms with Gasteiger partial charge in [0.25, 0.3) is 17.7 Å². The summed E-state index contributed by atoms with van der Waals surface area (Å²) in [6.45, 7) is 3.34. The number of hydrazine groups is 2. The lowest BCUT2D eigenvalue weighted by Gasteiger charge is -2.14. The molecule has 1 aromatic carbocycles. The highest BCUT2D eigenvalue weighted by molar-refractivity contribution is 7.15. The molecule has 1 aromatic heterocycles. The molecule has 12 heteroatoms. The third-order valence-corrected chi connectivity index (χ3v) is 6.10. The Balaban J connectivity index is 1.69. The molecule has 0 unspecified atom stereocenters. The number of carbonyl (C=O) groups excluding carboxylic acids is 3. The van der Waals surface area contributed by atoms with Gasteiger partial charge in [-0.25, -0.2) is 5.01 Å². The average molecular weight is 495 g/mol. The molecule has 1 aliphatic rings. The second kappa shape index (κ2) is 9.70. The van der Waals surface area contributed by atoms with Crippen molar-refractivity contribution in [2.45, 2.75) is 13.8 Å². The van der Waals surface area contributed by atoms with Gasteiger partial charge >= 0.3 is 0 Å². The molecule has 0 bridgehead atoms. The first-order chi connectivity index (χ1) is 15.1. The summed E-state index contributed by atoms with van der Waals surface area (Å²) in [6.07, 6.45) is 0. The zero-order valence-corrected chi connectivity index (χ0v) is 19.9. The number of amides is 3. The predicted octanol–water partition coefficient (Wildman–Crippen LogP) is 3.19. The van der Waals surface area contributed by atoms with E-state index in [2.05, 4.69) is 21.4 Å². The summed E-state index contributed by atoms with van der Waals surface area (Å²) in [6, 6.07) is 7.88. The fourth-order valence-electron chi connectivity index (χ4n) is 2.84. The van der Waals surface area contributed by atoms with Gasteiger partial charge in [-0.3, -0.25) is 25.2 Å².